The van der Waals surface area contributed by atoms with E-state index in [1.165, 1.54) is 0 Å². The highest BCUT2D eigenvalue weighted by Gasteiger charge is 2.36. The summed E-state index contributed by atoms with van der Waals surface area (Å²) in [6.45, 7) is 3.65. The van der Waals surface area contributed by atoms with E-state index in [0.717, 1.165) is 16.8 Å². The average molecular weight is 401 g/mol. The molecule has 0 spiro atoms. The highest BCUT2D eigenvalue weighted by Crippen LogP contribution is 2.26. The van der Waals surface area contributed by atoms with E-state index in [2.05, 4.69) is 5.32 Å². The Morgan fingerprint density at radius 1 is 1.18 bits per heavy atom. The highest BCUT2D eigenvalue weighted by atomic mass is 35.5. The molecule has 1 saturated heterocycles. The lowest BCUT2D eigenvalue weighted by Gasteiger charge is -2.16. The quantitative estimate of drug-likeness (QED) is 0.779. The first-order valence-corrected chi connectivity index (χ1v) is 9.31. The molecular formula is C21H21ClN2O4. The number of rotatable bonds is 5. The predicted molar refractivity (Wildman–Crippen MR) is 107 cm³/mol. The minimum Gasteiger partial charge on any atom is -0.455 e. The second-order valence-corrected chi connectivity index (χ2v) is 7.27. The van der Waals surface area contributed by atoms with Crippen molar-refractivity contribution in [1.29, 1.82) is 0 Å². The van der Waals surface area contributed by atoms with E-state index in [1.54, 1.807) is 23.1 Å². The summed E-state index contributed by atoms with van der Waals surface area (Å²) >= 11 is 6.02. The van der Waals surface area contributed by atoms with Gasteiger partial charge in [-0.2, -0.15) is 0 Å². The zero-order valence-electron chi connectivity index (χ0n) is 15.7. The fourth-order valence-corrected chi connectivity index (χ4v) is 3.14. The molecule has 1 unspecified atom stereocenters. The lowest BCUT2D eigenvalue weighted by Crippen LogP contribution is -2.28. The van der Waals surface area contributed by atoms with Gasteiger partial charge in [0.1, 0.15) is 0 Å². The van der Waals surface area contributed by atoms with E-state index in [4.69, 9.17) is 16.3 Å². The van der Waals surface area contributed by atoms with Crippen molar-refractivity contribution in [1.82, 2.24) is 0 Å². The monoisotopic (exact) mass is 400 g/mol. The number of anilines is 2. The van der Waals surface area contributed by atoms with Crippen molar-refractivity contribution >= 4 is 40.8 Å². The third-order valence-corrected chi connectivity index (χ3v) is 5.01. The van der Waals surface area contributed by atoms with Crippen LogP contribution in [0.25, 0.3) is 0 Å². The van der Waals surface area contributed by atoms with Crippen molar-refractivity contribution < 1.29 is 19.1 Å². The molecule has 0 bridgehead atoms. The summed E-state index contributed by atoms with van der Waals surface area (Å²) in [6, 6.07) is 12.7. The Hall–Kier alpha value is -2.86. The smallest absolute Gasteiger partial charge is 0.311 e. The third-order valence-electron chi connectivity index (χ3n) is 4.61. The molecule has 146 valence electrons. The van der Waals surface area contributed by atoms with Gasteiger partial charge >= 0.3 is 5.97 Å². The Kier molecular flexibility index (Phi) is 5.99. The number of carbonyl (C=O) groups excluding carboxylic acids is 3. The molecule has 6 nitrogen and oxygen atoms in total. The zero-order chi connectivity index (χ0) is 20.3. The molecule has 1 aliphatic heterocycles. The second-order valence-electron chi connectivity index (χ2n) is 6.86. The van der Waals surface area contributed by atoms with Crippen LogP contribution in [0.3, 0.4) is 0 Å². The van der Waals surface area contributed by atoms with Gasteiger partial charge in [0.15, 0.2) is 6.61 Å². The molecule has 0 aromatic heterocycles. The molecule has 7 heteroatoms. The van der Waals surface area contributed by atoms with Crippen LogP contribution in [-0.4, -0.2) is 30.9 Å². The molecule has 2 amide bonds. The van der Waals surface area contributed by atoms with Gasteiger partial charge in [0.05, 0.1) is 5.92 Å². The normalized spacial score (nSPS) is 16.2. The summed E-state index contributed by atoms with van der Waals surface area (Å²) in [5.41, 5.74) is 3.26. The number of amides is 2. The first kappa shape index (κ1) is 19.9. The van der Waals surface area contributed by atoms with Crippen molar-refractivity contribution in [3.8, 4) is 0 Å². The van der Waals surface area contributed by atoms with Crippen molar-refractivity contribution in [2.24, 2.45) is 5.92 Å². The number of halogens is 1. The van der Waals surface area contributed by atoms with Crippen LogP contribution in [0.4, 0.5) is 11.4 Å². The first-order valence-electron chi connectivity index (χ1n) is 8.93. The van der Waals surface area contributed by atoms with Crippen LogP contribution in [0.2, 0.25) is 5.02 Å². The van der Waals surface area contributed by atoms with Gasteiger partial charge in [-0.25, -0.2) is 0 Å². The van der Waals surface area contributed by atoms with Crippen molar-refractivity contribution in [2.45, 2.75) is 20.3 Å². The summed E-state index contributed by atoms with van der Waals surface area (Å²) in [7, 11) is 0. The minimum atomic E-state index is -0.588. The summed E-state index contributed by atoms with van der Waals surface area (Å²) in [5, 5.41) is 3.16. The maximum atomic E-state index is 12.3. The molecule has 1 atom stereocenters. The number of ether oxygens (including phenoxy) is 1. The Labute approximate surface area is 168 Å². The topological polar surface area (TPSA) is 75.7 Å². The molecule has 3 rings (SSSR count). The number of benzene rings is 2. The molecule has 1 fully saturated rings. The lowest BCUT2D eigenvalue weighted by molar-refractivity contribution is -0.151. The maximum Gasteiger partial charge on any atom is 0.311 e. The number of nitrogens with one attached hydrogen (secondary N) is 1. The number of aryl methyl sites for hydroxylation is 2. The van der Waals surface area contributed by atoms with Crippen molar-refractivity contribution in [3.05, 3.63) is 58.6 Å². The van der Waals surface area contributed by atoms with Crippen molar-refractivity contribution in [2.75, 3.05) is 23.4 Å². The van der Waals surface area contributed by atoms with Crippen LogP contribution >= 0.6 is 11.6 Å². The third kappa shape index (κ3) is 4.70. The largest absolute Gasteiger partial charge is 0.455 e. The molecule has 1 N–H and O–H groups in total. The summed E-state index contributed by atoms with van der Waals surface area (Å²) in [5.74, 6) is -1.74. The predicted octanol–water partition coefficient (Wildman–Crippen LogP) is 3.49. The van der Waals surface area contributed by atoms with Gasteiger partial charge in [0, 0.05) is 29.4 Å². The molecule has 28 heavy (non-hydrogen) atoms. The Balaban J connectivity index is 1.52. The van der Waals surface area contributed by atoms with E-state index in [-0.39, 0.29) is 18.9 Å². The molecular weight excluding hydrogens is 380 g/mol. The minimum absolute atomic E-state index is 0.0713. The van der Waals surface area contributed by atoms with Gasteiger partial charge in [0.25, 0.3) is 5.91 Å². The van der Waals surface area contributed by atoms with E-state index >= 15 is 0 Å². The fourth-order valence-electron chi connectivity index (χ4n) is 2.96. The molecule has 0 aliphatic carbocycles. The van der Waals surface area contributed by atoms with Crippen LogP contribution in [-0.2, 0) is 19.1 Å². The Morgan fingerprint density at radius 2 is 1.89 bits per heavy atom. The molecule has 2 aromatic rings. The van der Waals surface area contributed by atoms with Gasteiger partial charge in [-0.3, -0.25) is 14.4 Å². The van der Waals surface area contributed by atoms with Gasteiger partial charge in [-0.1, -0.05) is 35.4 Å². The average Bonchev–Trinajstić information content (AvgIpc) is 3.05. The number of nitrogens with zero attached hydrogens (tertiary/aromatic N) is 1. The number of hydrogen-bond acceptors (Lipinski definition) is 4. The van der Waals surface area contributed by atoms with Crippen LogP contribution in [0.15, 0.2) is 42.5 Å². The second kappa shape index (κ2) is 8.44. The van der Waals surface area contributed by atoms with Crippen LogP contribution in [0, 0.1) is 19.8 Å². The van der Waals surface area contributed by atoms with E-state index in [9.17, 15) is 14.4 Å². The summed E-state index contributed by atoms with van der Waals surface area (Å²) in [6.07, 6.45) is 0.0713. The molecule has 1 heterocycles. The highest BCUT2D eigenvalue weighted by molar-refractivity contribution is 6.31. The van der Waals surface area contributed by atoms with Gasteiger partial charge in [-0.15, -0.1) is 0 Å². The van der Waals surface area contributed by atoms with E-state index in [0.29, 0.717) is 10.7 Å². The van der Waals surface area contributed by atoms with Gasteiger partial charge in [0.2, 0.25) is 5.91 Å². The molecule has 0 saturated carbocycles. The molecule has 1 aliphatic rings. The summed E-state index contributed by atoms with van der Waals surface area (Å²) < 4.78 is 5.10. The fraction of sp³-hybridized carbons (Fsp3) is 0.286. The SMILES string of the molecule is Cc1ccc(N2CC(C(=O)OCC(=O)Nc3ccc(C)c(Cl)c3)CC2=O)cc1. The lowest BCUT2D eigenvalue weighted by atomic mass is 10.1. The van der Waals surface area contributed by atoms with Gasteiger partial charge < -0.3 is 15.0 Å². The Morgan fingerprint density at radius 3 is 2.57 bits per heavy atom. The first-order chi connectivity index (χ1) is 13.3. The van der Waals surface area contributed by atoms with Crippen LogP contribution in [0.1, 0.15) is 17.5 Å². The number of esters is 1. The number of carbonyl (C=O) groups is 3. The van der Waals surface area contributed by atoms with E-state index in [1.807, 2.05) is 38.1 Å². The van der Waals surface area contributed by atoms with Gasteiger partial charge in [-0.05, 0) is 43.7 Å². The molecule has 0 radical (unpaired) electrons. The van der Waals surface area contributed by atoms with E-state index < -0.39 is 24.4 Å². The molecule has 2 aromatic carbocycles. The van der Waals surface area contributed by atoms with Crippen molar-refractivity contribution in [3.63, 3.8) is 0 Å². The van der Waals surface area contributed by atoms with Crippen LogP contribution < -0.4 is 10.2 Å². The number of hydrogen-bond donors (Lipinski definition) is 1. The Bertz CT molecular complexity index is 911. The summed E-state index contributed by atoms with van der Waals surface area (Å²) in [4.78, 5) is 38.1. The maximum absolute atomic E-state index is 12.3. The van der Waals surface area contributed by atoms with Crippen LogP contribution in [0.5, 0.6) is 0 Å². The zero-order valence-corrected chi connectivity index (χ0v) is 16.5. The standard InChI is InChI=1S/C21H21ClN2O4/c1-13-3-7-17(8-4-13)24-11-15(9-20(24)26)21(27)28-12-19(25)23-16-6-5-14(2)18(22)10-16/h3-8,10,15H,9,11-12H2,1-2H3,(H,23,25).